The minimum Gasteiger partial charge on any atom is -0.390 e. The van der Waals surface area contributed by atoms with Gasteiger partial charge in [0.15, 0.2) is 0 Å². The fraction of sp³-hybridized carbons (Fsp3) is 0.647. The van der Waals surface area contributed by atoms with Crippen molar-refractivity contribution in [3.63, 3.8) is 0 Å². The average molecular weight is 436 g/mol. The van der Waals surface area contributed by atoms with Crippen molar-refractivity contribution in [3.8, 4) is 0 Å². The van der Waals surface area contributed by atoms with Crippen LogP contribution in [0.2, 0.25) is 0 Å². The van der Waals surface area contributed by atoms with Gasteiger partial charge in [0.1, 0.15) is 6.23 Å². The second-order valence-corrected chi connectivity index (χ2v) is 6.76. The zero-order valence-corrected chi connectivity index (χ0v) is 16.1. The highest BCUT2D eigenvalue weighted by atomic mass is 19.4. The Hall–Kier alpha value is -2.67. The van der Waals surface area contributed by atoms with Crippen molar-refractivity contribution in [1.82, 2.24) is 20.2 Å². The van der Waals surface area contributed by atoms with Crippen molar-refractivity contribution in [2.24, 2.45) is 0 Å². The van der Waals surface area contributed by atoms with Crippen molar-refractivity contribution < 1.29 is 32.6 Å². The molecule has 2 heterocycles. The monoisotopic (exact) mass is 436 g/mol. The van der Waals surface area contributed by atoms with Crippen molar-refractivity contribution >= 4 is 11.8 Å². The first-order valence-electron chi connectivity index (χ1n) is 9.32. The Labute approximate surface area is 168 Å². The van der Waals surface area contributed by atoms with Crippen LogP contribution in [0.5, 0.6) is 0 Å². The first kappa shape index (κ1) is 23.6. The van der Waals surface area contributed by atoms with Gasteiger partial charge in [0.2, 0.25) is 5.91 Å². The van der Waals surface area contributed by atoms with Crippen LogP contribution in [0.25, 0.3) is 0 Å². The van der Waals surface area contributed by atoms with Crippen LogP contribution in [0.15, 0.2) is 15.8 Å². The van der Waals surface area contributed by atoms with E-state index in [0.29, 0.717) is 6.42 Å². The van der Waals surface area contributed by atoms with E-state index in [-0.39, 0.29) is 31.4 Å². The molecule has 0 aromatic carbocycles. The van der Waals surface area contributed by atoms with Gasteiger partial charge in [-0.2, -0.15) is 13.2 Å². The lowest BCUT2D eigenvalue weighted by Gasteiger charge is -2.15. The number of hydrogen-bond donors (Lipinski definition) is 4. The minimum atomic E-state index is -5.00. The van der Waals surface area contributed by atoms with E-state index >= 15 is 0 Å². The number of ether oxygens (including phenoxy) is 1. The van der Waals surface area contributed by atoms with Crippen LogP contribution < -0.4 is 21.9 Å². The van der Waals surface area contributed by atoms with Gasteiger partial charge in [-0.3, -0.25) is 23.9 Å². The van der Waals surface area contributed by atoms with Crippen molar-refractivity contribution in [1.29, 1.82) is 0 Å². The van der Waals surface area contributed by atoms with E-state index in [1.54, 1.807) is 5.32 Å². The van der Waals surface area contributed by atoms with Gasteiger partial charge in [-0.25, -0.2) is 4.79 Å². The molecule has 168 valence electrons. The molecule has 1 unspecified atom stereocenters. The molecule has 1 saturated heterocycles. The molecule has 1 fully saturated rings. The SMILES string of the molecule is CC[C@H]1O[C@@H](n2cc(CCC(=O)NCCNC(=O)C(F)(F)F)c(=O)[nH]c2=O)CC1O. The summed E-state index contributed by atoms with van der Waals surface area (Å²) in [5.74, 6) is -2.65. The smallest absolute Gasteiger partial charge is 0.390 e. The summed E-state index contributed by atoms with van der Waals surface area (Å²) in [5.41, 5.74) is -1.25. The van der Waals surface area contributed by atoms with E-state index in [2.05, 4.69) is 10.3 Å². The standard InChI is InChI=1S/C17H23F3N4O6/c1-2-11-10(25)7-13(30-11)24-8-9(14(27)23-16(24)29)3-4-12(26)21-5-6-22-15(28)17(18,19)20/h8,10-11,13,25H,2-7H2,1H3,(H,21,26)(H,22,28)(H,23,27,29)/t10?,11-,13-/m1/s1. The maximum absolute atomic E-state index is 12.1. The van der Waals surface area contributed by atoms with Gasteiger partial charge in [0.25, 0.3) is 5.56 Å². The third kappa shape index (κ3) is 6.16. The summed E-state index contributed by atoms with van der Waals surface area (Å²) >= 11 is 0. The van der Waals surface area contributed by atoms with Gasteiger partial charge in [-0.05, 0) is 12.8 Å². The van der Waals surface area contributed by atoms with Crippen LogP contribution in [0.3, 0.4) is 0 Å². The molecule has 2 amide bonds. The van der Waals surface area contributed by atoms with Crippen LogP contribution in [0.1, 0.15) is 38.0 Å². The number of aromatic nitrogens is 2. The molecule has 1 aliphatic heterocycles. The molecule has 30 heavy (non-hydrogen) atoms. The molecular weight excluding hydrogens is 413 g/mol. The molecule has 1 aromatic heterocycles. The number of aliphatic hydroxyl groups is 1. The summed E-state index contributed by atoms with van der Waals surface area (Å²) < 4.78 is 42.9. The Morgan fingerprint density at radius 2 is 1.97 bits per heavy atom. The lowest BCUT2D eigenvalue weighted by Crippen LogP contribution is -2.41. The predicted molar refractivity (Wildman–Crippen MR) is 96.5 cm³/mol. The second kappa shape index (κ2) is 9.89. The molecule has 1 aromatic rings. The first-order valence-corrected chi connectivity index (χ1v) is 9.32. The van der Waals surface area contributed by atoms with E-state index in [9.17, 15) is 37.5 Å². The van der Waals surface area contributed by atoms with E-state index in [0.717, 1.165) is 4.57 Å². The Morgan fingerprint density at radius 3 is 2.57 bits per heavy atom. The van der Waals surface area contributed by atoms with Crippen LogP contribution in [-0.4, -0.2) is 57.9 Å². The average Bonchev–Trinajstić information content (AvgIpc) is 3.04. The number of H-pyrrole nitrogens is 1. The van der Waals surface area contributed by atoms with Gasteiger partial charge < -0.3 is 20.5 Å². The highest BCUT2D eigenvalue weighted by Gasteiger charge is 2.38. The largest absolute Gasteiger partial charge is 0.471 e. The fourth-order valence-electron chi connectivity index (χ4n) is 2.99. The Bertz CT molecular complexity index is 881. The summed E-state index contributed by atoms with van der Waals surface area (Å²) in [6.07, 6.45) is -5.13. The van der Waals surface area contributed by atoms with Crippen LogP contribution in [0.4, 0.5) is 13.2 Å². The number of rotatable bonds is 8. The number of carbonyl (C=O) groups excluding carboxylic acids is 2. The van der Waals surface area contributed by atoms with E-state index in [1.807, 2.05) is 6.92 Å². The third-order valence-electron chi connectivity index (χ3n) is 4.57. The number of amides is 2. The highest BCUT2D eigenvalue weighted by molar-refractivity contribution is 5.81. The van der Waals surface area contributed by atoms with E-state index < -0.39 is 54.2 Å². The highest BCUT2D eigenvalue weighted by Crippen LogP contribution is 2.29. The summed E-state index contributed by atoms with van der Waals surface area (Å²) in [6.45, 7) is 1.20. The lowest BCUT2D eigenvalue weighted by molar-refractivity contribution is -0.173. The number of carbonyl (C=O) groups is 2. The number of aliphatic hydroxyl groups excluding tert-OH is 1. The molecule has 4 N–H and O–H groups in total. The molecule has 2 rings (SSSR count). The Balaban J connectivity index is 1.89. The van der Waals surface area contributed by atoms with Gasteiger partial charge in [0, 0.05) is 37.7 Å². The quantitative estimate of drug-likeness (QED) is 0.398. The number of nitrogens with zero attached hydrogens (tertiary/aromatic N) is 1. The first-order chi connectivity index (χ1) is 14.0. The molecule has 1 aliphatic rings. The van der Waals surface area contributed by atoms with Gasteiger partial charge >= 0.3 is 17.8 Å². The number of hydrogen-bond acceptors (Lipinski definition) is 6. The fourth-order valence-corrected chi connectivity index (χ4v) is 2.99. The zero-order chi connectivity index (χ0) is 22.5. The minimum absolute atomic E-state index is 0.0389. The van der Waals surface area contributed by atoms with Crippen LogP contribution in [-0.2, 0) is 20.7 Å². The van der Waals surface area contributed by atoms with E-state index in [4.69, 9.17) is 4.74 Å². The third-order valence-corrected chi connectivity index (χ3v) is 4.57. The molecule has 0 saturated carbocycles. The Morgan fingerprint density at radius 1 is 1.30 bits per heavy atom. The van der Waals surface area contributed by atoms with Crippen LogP contribution >= 0.6 is 0 Å². The number of nitrogens with one attached hydrogen (secondary N) is 3. The van der Waals surface area contributed by atoms with E-state index in [1.165, 1.54) is 6.20 Å². The molecule has 13 heteroatoms. The Kier molecular flexibility index (Phi) is 7.78. The summed E-state index contributed by atoms with van der Waals surface area (Å²) in [4.78, 5) is 48.7. The zero-order valence-electron chi connectivity index (χ0n) is 16.1. The number of alkyl halides is 3. The molecule has 0 aliphatic carbocycles. The molecule has 0 radical (unpaired) electrons. The molecule has 10 nitrogen and oxygen atoms in total. The van der Waals surface area contributed by atoms with Crippen molar-refractivity contribution in [2.45, 2.75) is 57.2 Å². The van der Waals surface area contributed by atoms with Crippen molar-refractivity contribution in [2.75, 3.05) is 13.1 Å². The molecule has 0 bridgehead atoms. The predicted octanol–water partition coefficient (Wildman–Crippen LogP) is -0.678. The topological polar surface area (TPSA) is 143 Å². The normalized spacial score (nSPS) is 21.4. The summed E-state index contributed by atoms with van der Waals surface area (Å²) in [5, 5.41) is 13.9. The number of halogens is 3. The van der Waals surface area contributed by atoms with Crippen molar-refractivity contribution in [3.05, 3.63) is 32.6 Å². The lowest BCUT2D eigenvalue weighted by atomic mass is 10.1. The molecule has 3 atom stereocenters. The summed E-state index contributed by atoms with van der Waals surface area (Å²) in [6, 6.07) is 0. The second-order valence-electron chi connectivity index (χ2n) is 6.76. The van der Waals surface area contributed by atoms with Crippen LogP contribution in [0, 0.1) is 0 Å². The van der Waals surface area contributed by atoms with Gasteiger partial charge in [0.05, 0.1) is 12.2 Å². The molecule has 0 spiro atoms. The number of aromatic amines is 1. The molecular formula is C17H23F3N4O6. The number of aryl methyl sites for hydroxylation is 1. The maximum Gasteiger partial charge on any atom is 0.471 e. The maximum atomic E-state index is 12.1. The summed E-state index contributed by atoms with van der Waals surface area (Å²) in [7, 11) is 0. The van der Waals surface area contributed by atoms with Gasteiger partial charge in [-0.15, -0.1) is 0 Å². The van der Waals surface area contributed by atoms with Gasteiger partial charge in [-0.1, -0.05) is 6.92 Å².